The van der Waals surface area contributed by atoms with Crippen molar-refractivity contribution >= 4 is 22.7 Å². The molecule has 4 aromatic rings. The standard InChI is InChI=1S/C27H25N3O2/c31-27(32)16-28-26-15-23(20-6-2-1-3-7-20)24-14-19(10-11-25(24)29-26)12-13-30-17-21-8-4-5-9-22(21)18-30/h1-11,14-15H,12-13,16-18H2,(H,28,29)(H,31,32). The Labute approximate surface area is 187 Å². The molecule has 3 aromatic carbocycles. The van der Waals surface area contributed by atoms with E-state index in [-0.39, 0.29) is 6.54 Å². The number of aliphatic carboxylic acids is 1. The lowest BCUT2D eigenvalue weighted by Crippen LogP contribution is -2.19. The largest absolute Gasteiger partial charge is 0.480 e. The maximum Gasteiger partial charge on any atom is 0.322 e. The van der Waals surface area contributed by atoms with Crippen molar-refractivity contribution in [1.29, 1.82) is 0 Å². The van der Waals surface area contributed by atoms with Crippen LogP contribution in [0.1, 0.15) is 16.7 Å². The molecule has 32 heavy (non-hydrogen) atoms. The number of hydrogen-bond donors (Lipinski definition) is 2. The van der Waals surface area contributed by atoms with E-state index in [1.807, 2.05) is 30.3 Å². The number of anilines is 1. The molecule has 0 spiro atoms. The molecule has 0 amide bonds. The van der Waals surface area contributed by atoms with Crippen LogP contribution in [0, 0.1) is 0 Å². The van der Waals surface area contributed by atoms with Gasteiger partial charge in [0.15, 0.2) is 0 Å². The van der Waals surface area contributed by atoms with E-state index in [9.17, 15) is 4.79 Å². The van der Waals surface area contributed by atoms with E-state index in [0.29, 0.717) is 5.82 Å². The van der Waals surface area contributed by atoms with Gasteiger partial charge in [0.25, 0.3) is 0 Å². The number of hydrogen-bond acceptors (Lipinski definition) is 4. The number of aromatic nitrogens is 1. The summed E-state index contributed by atoms with van der Waals surface area (Å²) in [6, 6.07) is 27.2. The van der Waals surface area contributed by atoms with Gasteiger partial charge in [-0.3, -0.25) is 9.69 Å². The molecule has 2 N–H and O–H groups in total. The van der Waals surface area contributed by atoms with Gasteiger partial charge in [0, 0.05) is 25.0 Å². The maximum absolute atomic E-state index is 11.0. The van der Waals surface area contributed by atoms with Crippen LogP contribution in [0.4, 0.5) is 5.82 Å². The first-order chi connectivity index (χ1) is 15.7. The predicted octanol–water partition coefficient (Wildman–Crippen LogP) is 4.96. The first-order valence-corrected chi connectivity index (χ1v) is 10.9. The van der Waals surface area contributed by atoms with Crippen molar-refractivity contribution in [2.45, 2.75) is 19.5 Å². The van der Waals surface area contributed by atoms with E-state index in [1.165, 1.54) is 16.7 Å². The van der Waals surface area contributed by atoms with E-state index in [0.717, 1.165) is 48.1 Å². The molecule has 1 aliphatic heterocycles. The average Bonchev–Trinajstić information content (AvgIpc) is 3.24. The van der Waals surface area contributed by atoms with Crippen LogP contribution < -0.4 is 5.32 Å². The predicted molar refractivity (Wildman–Crippen MR) is 128 cm³/mol. The maximum atomic E-state index is 11.0. The summed E-state index contributed by atoms with van der Waals surface area (Å²) in [6.45, 7) is 2.87. The molecule has 1 aromatic heterocycles. The number of rotatable bonds is 7. The first-order valence-electron chi connectivity index (χ1n) is 10.9. The van der Waals surface area contributed by atoms with Crippen LogP contribution in [0.2, 0.25) is 0 Å². The minimum Gasteiger partial charge on any atom is -0.480 e. The quantitative estimate of drug-likeness (QED) is 0.440. The fourth-order valence-electron chi connectivity index (χ4n) is 4.39. The molecular weight excluding hydrogens is 398 g/mol. The lowest BCUT2D eigenvalue weighted by Gasteiger charge is -2.16. The molecule has 5 nitrogen and oxygen atoms in total. The molecule has 0 atom stereocenters. The summed E-state index contributed by atoms with van der Waals surface area (Å²) in [5, 5.41) is 13.0. The van der Waals surface area contributed by atoms with E-state index in [1.54, 1.807) is 0 Å². The normalized spacial score (nSPS) is 13.2. The van der Waals surface area contributed by atoms with Crippen molar-refractivity contribution in [3.05, 3.63) is 95.6 Å². The van der Waals surface area contributed by atoms with Gasteiger partial charge in [-0.2, -0.15) is 0 Å². The molecule has 160 valence electrons. The Hall–Kier alpha value is -3.70. The molecule has 0 bridgehead atoms. The molecule has 0 aliphatic carbocycles. The second-order valence-electron chi connectivity index (χ2n) is 8.25. The Morgan fingerprint density at radius 1 is 0.938 bits per heavy atom. The Bertz CT molecular complexity index is 1250. The van der Waals surface area contributed by atoms with Gasteiger partial charge in [-0.15, -0.1) is 0 Å². The van der Waals surface area contributed by atoms with Crippen molar-refractivity contribution in [3.8, 4) is 11.1 Å². The molecule has 2 heterocycles. The molecule has 0 radical (unpaired) electrons. The average molecular weight is 424 g/mol. The molecular formula is C27H25N3O2. The van der Waals surface area contributed by atoms with Crippen molar-refractivity contribution in [2.24, 2.45) is 0 Å². The monoisotopic (exact) mass is 423 g/mol. The van der Waals surface area contributed by atoms with E-state index in [4.69, 9.17) is 5.11 Å². The van der Waals surface area contributed by atoms with Crippen molar-refractivity contribution < 1.29 is 9.90 Å². The third-order valence-corrected chi connectivity index (χ3v) is 6.00. The fraction of sp³-hybridized carbons (Fsp3) is 0.185. The van der Waals surface area contributed by atoms with E-state index in [2.05, 4.69) is 63.7 Å². The summed E-state index contributed by atoms with van der Waals surface area (Å²) < 4.78 is 0. The van der Waals surface area contributed by atoms with Crippen LogP contribution in [0.5, 0.6) is 0 Å². The van der Waals surface area contributed by atoms with E-state index < -0.39 is 5.97 Å². The highest BCUT2D eigenvalue weighted by molar-refractivity contribution is 5.96. The Morgan fingerprint density at radius 2 is 1.66 bits per heavy atom. The van der Waals surface area contributed by atoms with Crippen LogP contribution in [0.3, 0.4) is 0 Å². The number of nitrogens with one attached hydrogen (secondary N) is 1. The van der Waals surface area contributed by atoms with Gasteiger partial charge < -0.3 is 10.4 Å². The Balaban J connectivity index is 1.42. The molecule has 0 saturated heterocycles. The lowest BCUT2D eigenvalue weighted by molar-refractivity contribution is -0.134. The molecule has 0 unspecified atom stereocenters. The highest BCUT2D eigenvalue weighted by Crippen LogP contribution is 2.31. The van der Waals surface area contributed by atoms with Gasteiger partial charge in [0.2, 0.25) is 0 Å². The zero-order valence-corrected chi connectivity index (χ0v) is 17.8. The van der Waals surface area contributed by atoms with Gasteiger partial charge >= 0.3 is 5.97 Å². The molecule has 5 heteroatoms. The Kier molecular flexibility index (Phi) is 5.57. The number of carboxylic acids is 1. The van der Waals surface area contributed by atoms with Crippen LogP contribution in [-0.4, -0.2) is 34.0 Å². The van der Waals surface area contributed by atoms with Crippen LogP contribution in [0.25, 0.3) is 22.0 Å². The molecule has 0 fully saturated rings. The minimum atomic E-state index is -0.910. The summed E-state index contributed by atoms with van der Waals surface area (Å²) in [7, 11) is 0. The highest BCUT2D eigenvalue weighted by atomic mass is 16.4. The Morgan fingerprint density at radius 3 is 2.38 bits per heavy atom. The number of carbonyl (C=O) groups is 1. The second kappa shape index (κ2) is 8.81. The molecule has 1 aliphatic rings. The zero-order chi connectivity index (χ0) is 21.9. The molecule has 0 saturated carbocycles. The van der Waals surface area contributed by atoms with Crippen LogP contribution >= 0.6 is 0 Å². The number of nitrogens with zero attached hydrogens (tertiary/aromatic N) is 2. The van der Waals surface area contributed by atoms with Gasteiger partial charge in [-0.1, -0.05) is 60.7 Å². The fourth-order valence-corrected chi connectivity index (χ4v) is 4.39. The summed E-state index contributed by atoms with van der Waals surface area (Å²) in [6.07, 6.45) is 0.969. The van der Waals surface area contributed by atoms with Crippen molar-refractivity contribution in [3.63, 3.8) is 0 Å². The topological polar surface area (TPSA) is 65.5 Å². The summed E-state index contributed by atoms with van der Waals surface area (Å²) in [4.78, 5) is 18.1. The zero-order valence-electron chi connectivity index (χ0n) is 17.8. The first kappa shape index (κ1) is 20.2. The third-order valence-electron chi connectivity index (χ3n) is 6.00. The highest BCUT2D eigenvalue weighted by Gasteiger charge is 2.18. The van der Waals surface area contributed by atoms with Gasteiger partial charge in [0.1, 0.15) is 12.4 Å². The number of pyridine rings is 1. The van der Waals surface area contributed by atoms with Crippen molar-refractivity contribution in [2.75, 3.05) is 18.4 Å². The number of fused-ring (bicyclic) bond motifs is 2. The van der Waals surface area contributed by atoms with E-state index >= 15 is 0 Å². The summed E-state index contributed by atoms with van der Waals surface area (Å²) in [5.41, 5.74) is 7.14. The van der Waals surface area contributed by atoms with Crippen molar-refractivity contribution in [1.82, 2.24) is 9.88 Å². The van der Waals surface area contributed by atoms with Gasteiger partial charge in [-0.25, -0.2) is 4.98 Å². The summed E-state index contributed by atoms with van der Waals surface area (Å²) in [5.74, 6) is -0.339. The SMILES string of the molecule is O=C(O)CNc1cc(-c2ccccc2)c2cc(CCN3Cc4ccccc4C3)ccc2n1. The van der Waals surface area contributed by atoms with Gasteiger partial charge in [-0.05, 0) is 52.4 Å². The smallest absolute Gasteiger partial charge is 0.322 e. The lowest BCUT2D eigenvalue weighted by atomic mass is 9.98. The molecule has 5 rings (SSSR count). The summed E-state index contributed by atoms with van der Waals surface area (Å²) >= 11 is 0. The minimum absolute atomic E-state index is 0.164. The second-order valence-corrected chi connectivity index (χ2v) is 8.25. The van der Waals surface area contributed by atoms with Crippen LogP contribution in [0.15, 0.2) is 78.9 Å². The third kappa shape index (κ3) is 4.34. The number of benzene rings is 3. The number of carboxylic acid groups (broad SMARTS) is 1. The van der Waals surface area contributed by atoms with Gasteiger partial charge in [0.05, 0.1) is 5.52 Å². The van der Waals surface area contributed by atoms with Crippen LogP contribution in [-0.2, 0) is 24.3 Å².